The van der Waals surface area contributed by atoms with Gasteiger partial charge in [0.05, 0.1) is 13.2 Å². The third kappa shape index (κ3) is 6.63. The summed E-state index contributed by atoms with van der Waals surface area (Å²) in [7, 11) is 1.69. The molecule has 0 fully saturated rings. The SMILES string of the molecule is CCCCCCCCOC(C)c1ccc(OC)cc1. The van der Waals surface area contributed by atoms with Crippen LogP contribution in [0, 0.1) is 0 Å². The van der Waals surface area contributed by atoms with Gasteiger partial charge in [0.1, 0.15) is 5.75 Å². The maximum atomic E-state index is 5.87. The van der Waals surface area contributed by atoms with E-state index in [4.69, 9.17) is 9.47 Å². The second-order valence-corrected chi connectivity index (χ2v) is 5.05. The van der Waals surface area contributed by atoms with Gasteiger partial charge in [0.25, 0.3) is 0 Å². The zero-order valence-corrected chi connectivity index (χ0v) is 12.7. The smallest absolute Gasteiger partial charge is 0.118 e. The Morgan fingerprint density at radius 2 is 1.58 bits per heavy atom. The lowest BCUT2D eigenvalue weighted by atomic mass is 10.1. The molecular weight excluding hydrogens is 236 g/mol. The van der Waals surface area contributed by atoms with Crippen LogP contribution in [-0.2, 0) is 4.74 Å². The number of methoxy groups -OCH3 is 1. The van der Waals surface area contributed by atoms with Crippen LogP contribution in [0.4, 0.5) is 0 Å². The summed E-state index contributed by atoms with van der Waals surface area (Å²) in [6.45, 7) is 5.22. The van der Waals surface area contributed by atoms with E-state index in [-0.39, 0.29) is 6.10 Å². The molecule has 0 radical (unpaired) electrons. The second kappa shape index (κ2) is 9.85. The van der Waals surface area contributed by atoms with Gasteiger partial charge >= 0.3 is 0 Å². The van der Waals surface area contributed by atoms with Crippen molar-refractivity contribution in [2.24, 2.45) is 0 Å². The first kappa shape index (κ1) is 16.0. The molecule has 2 heteroatoms. The minimum absolute atomic E-state index is 0.168. The average molecular weight is 264 g/mol. The van der Waals surface area contributed by atoms with Gasteiger partial charge in [-0.1, -0.05) is 51.2 Å². The Bertz CT molecular complexity index is 319. The number of ether oxygens (including phenoxy) is 2. The van der Waals surface area contributed by atoms with E-state index in [1.54, 1.807) is 7.11 Å². The van der Waals surface area contributed by atoms with Gasteiger partial charge in [0.2, 0.25) is 0 Å². The van der Waals surface area contributed by atoms with Crippen LogP contribution in [0.2, 0.25) is 0 Å². The third-order valence-corrected chi connectivity index (χ3v) is 3.45. The summed E-state index contributed by atoms with van der Waals surface area (Å²) in [6, 6.07) is 8.12. The summed E-state index contributed by atoms with van der Waals surface area (Å²) >= 11 is 0. The maximum absolute atomic E-state index is 5.87. The molecule has 0 aliphatic carbocycles. The quantitative estimate of drug-likeness (QED) is 0.545. The summed E-state index contributed by atoms with van der Waals surface area (Å²) in [5.41, 5.74) is 1.21. The van der Waals surface area contributed by atoms with Crippen molar-refractivity contribution in [3.8, 4) is 5.75 Å². The van der Waals surface area contributed by atoms with Crippen molar-refractivity contribution >= 4 is 0 Å². The number of rotatable bonds is 10. The van der Waals surface area contributed by atoms with E-state index < -0.39 is 0 Å². The predicted octanol–water partition coefficient (Wildman–Crippen LogP) is 5.13. The average Bonchev–Trinajstić information content (AvgIpc) is 2.46. The number of benzene rings is 1. The first-order chi connectivity index (χ1) is 9.27. The molecule has 19 heavy (non-hydrogen) atoms. The standard InChI is InChI=1S/C17H28O2/c1-4-5-6-7-8-9-14-19-15(2)16-10-12-17(18-3)13-11-16/h10-13,15H,4-9,14H2,1-3H3. The molecule has 0 spiro atoms. The van der Waals surface area contributed by atoms with Crippen LogP contribution in [0.25, 0.3) is 0 Å². The lowest BCUT2D eigenvalue weighted by Crippen LogP contribution is -2.01. The van der Waals surface area contributed by atoms with Crippen molar-refractivity contribution in [2.75, 3.05) is 13.7 Å². The molecule has 1 aromatic rings. The van der Waals surface area contributed by atoms with Crippen molar-refractivity contribution in [3.05, 3.63) is 29.8 Å². The van der Waals surface area contributed by atoms with Gasteiger partial charge < -0.3 is 9.47 Å². The Labute approximate surface area is 118 Å². The van der Waals surface area contributed by atoms with E-state index in [0.29, 0.717) is 0 Å². The first-order valence-electron chi connectivity index (χ1n) is 7.53. The molecule has 0 N–H and O–H groups in total. The normalized spacial score (nSPS) is 12.4. The highest BCUT2D eigenvalue weighted by molar-refractivity contribution is 5.28. The fourth-order valence-corrected chi connectivity index (χ4v) is 2.11. The molecule has 0 aromatic heterocycles. The first-order valence-corrected chi connectivity index (χ1v) is 7.53. The molecule has 0 saturated carbocycles. The molecule has 1 aromatic carbocycles. The summed E-state index contributed by atoms with van der Waals surface area (Å²) in [6.07, 6.45) is 8.01. The lowest BCUT2D eigenvalue weighted by molar-refractivity contribution is 0.0627. The molecular formula is C17H28O2. The molecule has 0 aliphatic heterocycles. The van der Waals surface area contributed by atoms with Gasteiger partial charge in [-0.3, -0.25) is 0 Å². The van der Waals surface area contributed by atoms with E-state index in [9.17, 15) is 0 Å². The fourth-order valence-electron chi connectivity index (χ4n) is 2.11. The summed E-state index contributed by atoms with van der Waals surface area (Å²) in [5.74, 6) is 0.895. The Hall–Kier alpha value is -1.02. The van der Waals surface area contributed by atoms with E-state index in [1.165, 1.54) is 44.1 Å². The Morgan fingerprint density at radius 3 is 2.21 bits per heavy atom. The van der Waals surface area contributed by atoms with E-state index in [0.717, 1.165) is 12.4 Å². The number of hydrogen-bond acceptors (Lipinski definition) is 2. The van der Waals surface area contributed by atoms with Gasteiger partial charge in [-0.2, -0.15) is 0 Å². The molecule has 1 atom stereocenters. The highest BCUT2D eigenvalue weighted by Gasteiger charge is 2.05. The monoisotopic (exact) mass is 264 g/mol. The molecule has 0 amide bonds. The predicted molar refractivity (Wildman–Crippen MR) is 80.7 cm³/mol. The van der Waals surface area contributed by atoms with Crippen LogP contribution in [0.5, 0.6) is 5.75 Å². The van der Waals surface area contributed by atoms with Crippen molar-refractivity contribution in [3.63, 3.8) is 0 Å². The lowest BCUT2D eigenvalue weighted by Gasteiger charge is -2.13. The number of unbranched alkanes of at least 4 members (excludes halogenated alkanes) is 5. The molecule has 108 valence electrons. The van der Waals surface area contributed by atoms with Gasteiger partial charge in [-0.05, 0) is 31.0 Å². The highest BCUT2D eigenvalue weighted by Crippen LogP contribution is 2.20. The zero-order valence-electron chi connectivity index (χ0n) is 12.7. The van der Waals surface area contributed by atoms with Crippen molar-refractivity contribution < 1.29 is 9.47 Å². The van der Waals surface area contributed by atoms with Crippen LogP contribution in [0.3, 0.4) is 0 Å². The Morgan fingerprint density at radius 1 is 0.947 bits per heavy atom. The van der Waals surface area contributed by atoms with Crippen LogP contribution < -0.4 is 4.74 Å². The van der Waals surface area contributed by atoms with Gasteiger partial charge in [-0.15, -0.1) is 0 Å². The summed E-state index contributed by atoms with van der Waals surface area (Å²) in [4.78, 5) is 0. The zero-order chi connectivity index (χ0) is 13.9. The summed E-state index contributed by atoms with van der Waals surface area (Å²) < 4.78 is 11.0. The largest absolute Gasteiger partial charge is 0.497 e. The minimum atomic E-state index is 0.168. The van der Waals surface area contributed by atoms with Crippen LogP contribution in [0.1, 0.15) is 64.0 Å². The van der Waals surface area contributed by atoms with Crippen molar-refractivity contribution in [2.45, 2.75) is 58.5 Å². The van der Waals surface area contributed by atoms with Gasteiger partial charge in [0.15, 0.2) is 0 Å². The van der Waals surface area contributed by atoms with Gasteiger partial charge in [-0.25, -0.2) is 0 Å². The molecule has 0 saturated heterocycles. The molecule has 0 aliphatic rings. The van der Waals surface area contributed by atoms with Crippen LogP contribution in [0.15, 0.2) is 24.3 Å². The fraction of sp³-hybridized carbons (Fsp3) is 0.647. The minimum Gasteiger partial charge on any atom is -0.497 e. The molecule has 0 heterocycles. The highest BCUT2D eigenvalue weighted by atomic mass is 16.5. The van der Waals surface area contributed by atoms with E-state index in [2.05, 4.69) is 26.0 Å². The molecule has 1 unspecified atom stereocenters. The van der Waals surface area contributed by atoms with Crippen LogP contribution in [-0.4, -0.2) is 13.7 Å². The number of hydrogen-bond donors (Lipinski definition) is 0. The maximum Gasteiger partial charge on any atom is 0.118 e. The third-order valence-electron chi connectivity index (χ3n) is 3.45. The van der Waals surface area contributed by atoms with Crippen molar-refractivity contribution in [1.29, 1.82) is 0 Å². The molecule has 0 bridgehead atoms. The summed E-state index contributed by atoms with van der Waals surface area (Å²) in [5, 5.41) is 0. The van der Waals surface area contributed by atoms with Crippen LogP contribution >= 0.6 is 0 Å². The topological polar surface area (TPSA) is 18.5 Å². The van der Waals surface area contributed by atoms with E-state index in [1.807, 2.05) is 12.1 Å². The van der Waals surface area contributed by atoms with Gasteiger partial charge in [0, 0.05) is 6.61 Å². The molecule has 2 nitrogen and oxygen atoms in total. The second-order valence-electron chi connectivity index (χ2n) is 5.05. The Kier molecular flexibility index (Phi) is 8.31. The van der Waals surface area contributed by atoms with E-state index >= 15 is 0 Å². The van der Waals surface area contributed by atoms with Crippen molar-refractivity contribution in [1.82, 2.24) is 0 Å². The Balaban J connectivity index is 2.14. The molecule has 1 rings (SSSR count).